The first kappa shape index (κ1) is 25.8. The van der Waals surface area contributed by atoms with Crippen molar-refractivity contribution in [1.29, 1.82) is 0 Å². The van der Waals surface area contributed by atoms with Crippen LogP contribution in [-0.2, 0) is 27.8 Å². The molecule has 1 aliphatic heterocycles. The van der Waals surface area contributed by atoms with E-state index >= 15 is 0 Å². The van der Waals surface area contributed by atoms with E-state index in [0.717, 1.165) is 29.5 Å². The van der Waals surface area contributed by atoms with Crippen molar-refractivity contribution in [3.63, 3.8) is 0 Å². The molecule has 6 nitrogen and oxygen atoms in total. The monoisotopic (exact) mass is 531 g/mol. The van der Waals surface area contributed by atoms with Gasteiger partial charge in [-0.1, -0.05) is 48.4 Å². The first-order valence-corrected chi connectivity index (χ1v) is 14.5. The van der Waals surface area contributed by atoms with Gasteiger partial charge in [0.2, 0.25) is 10.0 Å². The van der Waals surface area contributed by atoms with Gasteiger partial charge in [-0.2, -0.15) is 9.30 Å². The molecule has 1 fully saturated rings. The molecule has 0 N–H and O–H groups in total. The fourth-order valence-corrected chi connectivity index (χ4v) is 7.03. The zero-order valence-electron chi connectivity index (χ0n) is 19.8. The fraction of sp³-hybridized carbons (Fsp3) is 0.385. The molecule has 35 heavy (non-hydrogen) atoms. The molecule has 0 atom stereocenters. The average Bonchev–Trinajstić information content (AvgIpc) is 3.19. The SMILES string of the molecule is C=CCn1c(=NC(=O)C2CCN(S(=O)(=O)c3ccc(Cl)cc3)CC2)sc2cc(CCCC)ccc21. The van der Waals surface area contributed by atoms with Crippen molar-refractivity contribution in [1.82, 2.24) is 8.87 Å². The average molecular weight is 532 g/mol. The predicted molar refractivity (Wildman–Crippen MR) is 142 cm³/mol. The number of nitrogens with zero attached hydrogens (tertiary/aromatic N) is 3. The van der Waals surface area contributed by atoms with Crippen LogP contribution in [0.4, 0.5) is 0 Å². The van der Waals surface area contributed by atoms with Gasteiger partial charge in [-0.3, -0.25) is 4.79 Å². The number of carbonyl (C=O) groups excluding carboxylic acids is 1. The predicted octanol–water partition coefficient (Wildman–Crippen LogP) is 5.41. The molecule has 186 valence electrons. The summed E-state index contributed by atoms with van der Waals surface area (Å²) < 4.78 is 30.4. The van der Waals surface area contributed by atoms with E-state index in [4.69, 9.17) is 11.6 Å². The highest BCUT2D eigenvalue weighted by Crippen LogP contribution is 2.26. The molecule has 1 aliphatic rings. The van der Waals surface area contributed by atoms with Gasteiger partial charge in [0, 0.05) is 30.6 Å². The summed E-state index contributed by atoms with van der Waals surface area (Å²) in [6, 6.07) is 12.6. The molecule has 1 saturated heterocycles. The van der Waals surface area contributed by atoms with E-state index in [2.05, 4.69) is 36.7 Å². The Bertz CT molecular complexity index is 1380. The first-order valence-electron chi connectivity index (χ1n) is 11.9. The summed E-state index contributed by atoms with van der Waals surface area (Å²) in [5, 5.41) is 0.488. The van der Waals surface area contributed by atoms with Gasteiger partial charge in [0.25, 0.3) is 5.91 Å². The maximum absolute atomic E-state index is 13.1. The Balaban J connectivity index is 1.52. The van der Waals surface area contributed by atoms with Gasteiger partial charge in [-0.05, 0) is 67.6 Å². The quantitative estimate of drug-likeness (QED) is 0.365. The van der Waals surface area contributed by atoms with Gasteiger partial charge >= 0.3 is 0 Å². The highest BCUT2D eigenvalue weighted by molar-refractivity contribution is 7.89. The van der Waals surface area contributed by atoms with Gasteiger partial charge in [0.05, 0.1) is 15.1 Å². The molecular formula is C26H30ClN3O3S2. The molecule has 0 aliphatic carbocycles. The number of hydrogen-bond donors (Lipinski definition) is 0. The molecular weight excluding hydrogens is 502 g/mol. The number of rotatable bonds is 8. The topological polar surface area (TPSA) is 71.7 Å². The summed E-state index contributed by atoms with van der Waals surface area (Å²) in [7, 11) is -3.61. The fourth-order valence-electron chi connectivity index (χ4n) is 4.33. The Labute approximate surface area is 215 Å². The number of piperidine rings is 1. The van der Waals surface area contributed by atoms with Crippen LogP contribution >= 0.6 is 22.9 Å². The molecule has 0 bridgehead atoms. The Hall–Kier alpha value is -2.26. The van der Waals surface area contributed by atoms with E-state index in [-0.39, 0.29) is 29.8 Å². The Morgan fingerprint density at radius 1 is 1.20 bits per heavy atom. The molecule has 2 aromatic carbocycles. The number of hydrogen-bond acceptors (Lipinski definition) is 4. The third-order valence-corrected chi connectivity index (χ3v) is 9.54. The Morgan fingerprint density at radius 2 is 1.91 bits per heavy atom. The summed E-state index contributed by atoms with van der Waals surface area (Å²) in [6.07, 6.45) is 6.03. The number of allylic oxidation sites excluding steroid dienone is 1. The van der Waals surface area contributed by atoms with Crippen molar-refractivity contribution in [3.8, 4) is 0 Å². The second kappa shape index (κ2) is 11.2. The minimum Gasteiger partial charge on any atom is -0.313 e. The molecule has 0 spiro atoms. The first-order chi connectivity index (χ1) is 16.8. The minimum atomic E-state index is -3.61. The number of benzene rings is 2. The second-order valence-electron chi connectivity index (χ2n) is 8.77. The summed E-state index contributed by atoms with van der Waals surface area (Å²) in [5.74, 6) is -0.488. The number of thiazole rings is 1. The van der Waals surface area contributed by atoms with E-state index in [0.29, 0.717) is 29.2 Å². The van der Waals surface area contributed by atoms with Gasteiger partial charge < -0.3 is 4.57 Å². The normalized spacial score (nSPS) is 16.1. The van der Waals surface area contributed by atoms with Crippen LogP contribution in [-0.4, -0.2) is 36.3 Å². The lowest BCUT2D eigenvalue weighted by molar-refractivity contribution is -0.122. The number of aryl methyl sites for hydroxylation is 1. The molecule has 9 heteroatoms. The molecule has 1 amide bonds. The van der Waals surface area contributed by atoms with Gasteiger partial charge in [-0.15, -0.1) is 6.58 Å². The summed E-state index contributed by atoms with van der Waals surface area (Å²) in [5.41, 5.74) is 2.34. The zero-order valence-corrected chi connectivity index (χ0v) is 22.2. The molecule has 3 aromatic rings. The second-order valence-corrected chi connectivity index (χ2v) is 12.2. The molecule has 0 radical (unpaired) electrons. The number of halogens is 1. The smallest absolute Gasteiger partial charge is 0.251 e. The Kier molecular flexibility index (Phi) is 8.27. The maximum atomic E-state index is 13.1. The van der Waals surface area contributed by atoms with Crippen molar-refractivity contribution in [3.05, 3.63) is 70.5 Å². The van der Waals surface area contributed by atoms with Gasteiger partial charge in [0.1, 0.15) is 0 Å². The summed E-state index contributed by atoms with van der Waals surface area (Å²) in [6.45, 7) is 7.19. The zero-order chi connectivity index (χ0) is 25.0. The van der Waals surface area contributed by atoms with Crippen molar-refractivity contribution in [2.45, 2.75) is 50.5 Å². The maximum Gasteiger partial charge on any atom is 0.251 e. The summed E-state index contributed by atoms with van der Waals surface area (Å²) >= 11 is 7.41. The van der Waals surface area contributed by atoms with Crippen LogP contribution in [0.5, 0.6) is 0 Å². The van der Waals surface area contributed by atoms with E-state index in [1.165, 1.54) is 33.3 Å². The van der Waals surface area contributed by atoms with Crippen molar-refractivity contribution >= 4 is 49.1 Å². The largest absolute Gasteiger partial charge is 0.313 e. The lowest BCUT2D eigenvalue weighted by atomic mass is 9.98. The highest BCUT2D eigenvalue weighted by atomic mass is 35.5. The highest BCUT2D eigenvalue weighted by Gasteiger charge is 2.32. The molecule has 2 heterocycles. The van der Waals surface area contributed by atoms with E-state index in [9.17, 15) is 13.2 Å². The van der Waals surface area contributed by atoms with Crippen LogP contribution in [0.1, 0.15) is 38.2 Å². The van der Waals surface area contributed by atoms with E-state index < -0.39 is 10.0 Å². The third-order valence-electron chi connectivity index (χ3n) is 6.34. The number of carbonyl (C=O) groups is 1. The van der Waals surface area contributed by atoms with Crippen LogP contribution in [0, 0.1) is 5.92 Å². The number of aromatic nitrogens is 1. The van der Waals surface area contributed by atoms with Crippen LogP contribution in [0.25, 0.3) is 10.2 Å². The lowest BCUT2D eigenvalue weighted by Crippen LogP contribution is -2.40. The number of amides is 1. The molecule has 1 aromatic heterocycles. The van der Waals surface area contributed by atoms with E-state index in [1.54, 1.807) is 18.2 Å². The molecule has 0 unspecified atom stereocenters. The lowest BCUT2D eigenvalue weighted by Gasteiger charge is -2.29. The number of fused-ring (bicyclic) bond motifs is 1. The van der Waals surface area contributed by atoms with Crippen molar-refractivity contribution in [2.24, 2.45) is 10.9 Å². The van der Waals surface area contributed by atoms with Gasteiger partial charge in [0.15, 0.2) is 4.80 Å². The van der Waals surface area contributed by atoms with Crippen molar-refractivity contribution < 1.29 is 13.2 Å². The number of sulfonamides is 1. The van der Waals surface area contributed by atoms with Crippen molar-refractivity contribution in [2.75, 3.05) is 13.1 Å². The van der Waals surface area contributed by atoms with Crippen LogP contribution in [0.2, 0.25) is 5.02 Å². The van der Waals surface area contributed by atoms with Gasteiger partial charge in [-0.25, -0.2) is 8.42 Å². The molecule has 4 rings (SSSR count). The van der Waals surface area contributed by atoms with Crippen LogP contribution in [0.3, 0.4) is 0 Å². The van der Waals surface area contributed by atoms with Crippen LogP contribution < -0.4 is 4.80 Å². The number of unbranched alkanes of at least 4 members (excludes halogenated alkanes) is 1. The molecule has 0 saturated carbocycles. The summed E-state index contributed by atoms with van der Waals surface area (Å²) in [4.78, 5) is 18.5. The third kappa shape index (κ3) is 5.77. The standard InChI is InChI=1S/C26H30ClN3O3S2/c1-3-5-6-19-7-12-23-24(18-19)34-26(30(23)15-4-2)28-25(31)20-13-16-29(17-14-20)35(32,33)22-10-8-21(27)9-11-22/h4,7-12,18,20H,2-3,5-6,13-17H2,1H3. The van der Waals surface area contributed by atoms with Crippen LogP contribution in [0.15, 0.2) is 65.0 Å². The van der Waals surface area contributed by atoms with E-state index in [1.807, 2.05) is 4.57 Å². The minimum absolute atomic E-state index is 0.191. The Morgan fingerprint density at radius 3 is 2.57 bits per heavy atom.